The van der Waals surface area contributed by atoms with Gasteiger partial charge in [0.15, 0.2) is 5.82 Å². The molecule has 1 aromatic carbocycles. The van der Waals surface area contributed by atoms with Crippen LogP contribution in [0.5, 0.6) is 0 Å². The maximum atomic E-state index is 14.1. The summed E-state index contributed by atoms with van der Waals surface area (Å²) in [7, 11) is 0. The van der Waals surface area contributed by atoms with Crippen LogP contribution in [0.25, 0.3) is 16.6 Å². The SMILES string of the molecule is N#Cc1c(N)nc(N)nc1N(CC1CC1)c1nc2cccc(Cl)c2c(=O)n1-c1cncc(F)c1. The van der Waals surface area contributed by atoms with Gasteiger partial charge in [0.25, 0.3) is 5.56 Å². The summed E-state index contributed by atoms with van der Waals surface area (Å²) in [4.78, 5) is 32.0. The number of anilines is 4. The molecule has 1 aliphatic rings. The third kappa shape index (κ3) is 3.74. The lowest BCUT2D eigenvalue weighted by molar-refractivity contribution is 0.619. The summed E-state index contributed by atoms with van der Waals surface area (Å²) in [6.07, 6.45) is 4.25. The predicted octanol–water partition coefficient (Wildman–Crippen LogP) is 2.95. The number of nitrogens with two attached hydrogens (primary N) is 2. The van der Waals surface area contributed by atoms with Gasteiger partial charge in [-0.25, -0.2) is 13.9 Å². The number of hydrogen-bond donors (Lipinski definition) is 2. The number of fused-ring (bicyclic) bond motifs is 1. The first-order valence-electron chi connectivity index (χ1n) is 10.3. The molecule has 170 valence electrons. The van der Waals surface area contributed by atoms with Crippen molar-refractivity contribution in [1.29, 1.82) is 5.26 Å². The van der Waals surface area contributed by atoms with Gasteiger partial charge in [0.05, 0.1) is 34.0 Å². The number of rotatable bonds is 5. The van der Waals surface area contributed by atoms with Crippen LogP contribution in [0.2, 0.25) is 5.02 Å². The highest BCUT2D eigenvalue weighted by Crippen LogP contribution is 2.37. The molecule has 34 heavy (non-hydrogen) atoms. The summed E-state index contributed by atoms with van der Waals surface area (Å²) in [6.45, 7) is 0.367. The molecule has 0 radical (unpaired) electrons. The topological polar surface area (TPSA) is 153 Å². The van der Waals surface area contributed by atoms with Gasteiger partial charge in [-0.3, -0.25) is 14.7 Å². The fraction of sp³-hybridized carbons (Fsp3) is 0.182. The molecule has 1 aliphatic carbocycles. The normalized spacial score (nSPS) is 13.1. The van der Waals surface area contributed by atoms with Crippen LogP contribution in [0, 0.1) is 23.1 Å². The molecule has 5 rings (SSSR count). The molecule has 3 heterocycles. The molecule has 0 spiro atoms. The van der Waals surface area contributed by atoms with Gasteiger partial charge in [-0.2, -0.15) is 15.2 Å². The highest BCUT2D eigenvalue weighted by atomic mass is 35.5. The molecule has 4 N–H and O–H groups in total. The molecule has 0 saturated heterocycles. The van der Waals surface area contributed by atoms with E-state index in [2.05, 4.69) is 15.0 Å². The maximum Gasteiger partial charge on any atom is 0.268 e. The zero-order valence-corrected chi connectivity index (χ0v) is 18.4. The number of nitrogens with zero attached hydrogens (tertiary/aromatic N) is 7. The van der Waals surface area contributed by atoms with E-state index < -0.39 is 11.4 Å². The van der Waals surface area contributed by atoms with Crippen molar-refractivity contribution in [3.8, 4) is 11.8 Å². The highest BCUT2D eigenvalue weighted by molar-refractivity contribution is 6.35. The van der Waals surface area contributed by atoms with Gasteiger partial charge in [0.2, 0.25) is 11.9 Å². The van der Waals surface area contributed by atoms with Crippen molar-refractivity contribution < 1.29 is 4.39 Å². The third-order valence-corrected chi connectivity index (χ3v) is 5.77. The van der Waals surface area contributed by atoms with Crippen LogP contribution in [-0.2, 0) is 0 Å². The lowest BCUT2D eigenvalue weighted by atomic mass is 10.2. The van der Waals surface area contributed by atoms with Gasteiger partial charge in [0, 0.05) is 12.6 Å². The largest absolute Gasteiger partial charge is 0.382 e. The number of pyridine rings is 1. The minimum atomic E-state index is -0.642. The number of benzene rings is 1. The fourth-order valence-electron chi connectivity index (χ4n) is 3.72. The van der Waals surface area contributed by atoms with E-state index in [9.17, 15) is 14.4 Å². The first kappa shape index (κ1) is 21.5. The Balaban J connectivity index is 1.88. The van der Waals surface area contributed by atoms with Crippen LogP contribution in [0.1, 0.15) is 18.4 Å². The van der Waals surface area contributed by atoms with Gasteiger partial charge in [-0.15, -0.1) is 0 Å². The van der Waals surface area contributed by atoms with Crippen LogP contribution in [0.3, 0.4) is 0 Å². The Kier molecular flexibility index (Phi) is 5.22. The van der Waals surface area contributed by atoms with E-state index in [0.717, 1.165) is 25.1 Å². The molecule has 0 unspecified atom stereocenters. The van der Waals surface area contributed by atoms with Crippen molar-refractivity contribution >= 4 is 46.0 Å². The van der Waals surface area contributed by atoms with E-state index in [4.69, 9.17) is 28.1 Å². The number of nitriles is 1. The lowest BCUT2D eigenvalue weighted by Gasteiger charge is -2.27. The van der Waals surface area contributed by atoms with Crippen molar-refractivity contribution in [2.75, 3.05) is 22.9 Å². The molecule has 0 atom stereocenters. The Hall–Kier alpha value is -4.30. The number of nitrogen functional groups attached to an aromatic ring is 2. The standard InChI is InChI=1S/C22H17ClFN9O/c23-15-2-1-3-16-17(15)20(34)33(13-6-12(24)8-28-9-13)22(29-16)32(10-11-4-5-11)19-14(7-25)18(26)30-21(27)31-19/h1-3,6,8-9,11H,4-5,10H2,(H4,26,27,30,31). The Morgan fingerprint density at radius 3 is 2.74 bits per heavy atom. The van der Waals surface area contributed by atoms with Crippen molar-refractivity contribution in [3.63, 3.8) is 0 Å². The van der Waals surface area contributed by atoms with Crippen LogP contribution in [-0.4, -0.2) is 31.0 Å². The Bertz CT molecular complexity index is 1540. The second-order valence-corrected chi connectivity index (χ2v) is 8.29. The number of aromatic nitrogens is 5. The van der Waals surface area contributed by atoms with E-state index in [1.165, 1.54) is 10.8 Å². The van der Waals surface area contributed by atoms with Crippen molar-refractivity contribution in [2.24, 2.45) is 5.92 Å². The summed E-state index contributed by atoms with van der Waals surface area (Å²) in [5, 5.41) is 10.1. The molecule has 3 aromatic heterocycles. The molecule has 0 amide bonds. The van der Waals surface area contributed by atoms with Gasteiger partial charge in [-0.1, -0.05) is 17.7 Å². The molecule has 12 heteroatoms. The molecule has 0 bridgehead atoms. The molecular weight excluding hydrogens is 461 g/mol. The molecule has 0 aliphatic heterocycles. The maximum absolute atomic E-state index is 14.1. The summed E-state index contributed by atoms with van der Waals surface area (Å²) >= 11 is 6.33. The lowest BCUT2D eigenvalue weighted by Crippen LogP contribution is -2.32. The molecule has 1 fully saturated rings. The summed E-state index contributed by atoms with van der Waals surface area (Å²) < 4.78 is 15.3. The first-order chi connectivity index (χ1) is 16.4. The zero-order valence-electron chi connectivity index (χ0n) is 17.6. The van der Waals surface area contributed by atoms with Gasteiger partial charge in [-0.05, 0) is 30.9 Å². The average molecular weight is 478 g/mol. The van der Waals surface area contributed by atoms with E-state index in [1.807, 2.05) is 6.07 Å². The Morgan fingerprint density at radius 2 is 2.03 bits per heavy atom. The third-order valence-electron chi connectivity index (χ3n) is 5.46. The fourth-order valence-corrected chi connectivity index (χ4v) is 3.97. The minimum absolute atomic E-state index is 0.0146. The summed E-state index contributed by atoms with van der Waals surface area (Å²) in [5.41, 5.74) is 11.7. The molecule has 10 nitrogen and oxygen atoms in total. The molecule has 4 aromatic rings. The van der Waals surface area contributed by atoms with E-state index in [-0.39, 0.29) is 51.1 Å². The number of hydrogen-bond acceptors (Lipinski definition) is 9. The van der Waals surface area contributed by atoms with Gasteiger partial charge < -0.3 is 11.5 Å². The van der Waals surface area contributed by atoms with E-state index in [1.54, 1.807) is 23.1 Å². The molecular formula is C22H17ClFN9O. The van der Waals surface area contributed by atoms with Gasteiger partial charge in [0.1, 0.15) is 23.3 Å². The van der Waals surface area contributed by atoms with E-state index >= 15 is 0 Å². The van der Waals surface area contributed by atoms with Gasteiger partial charge >= 0.3 is 0 Å². The average Bonchev–Trinajstić information content (AvgIpc) is 3.61. The second-order valence-electron chi connectivity index (χ2n) is 7.88. The predicted molar refractivity (Wildman–Crippen MR) is 125 cm³/mol. The van der Waals surface area contributed by atoms with Crippen LogP contribution >= 0.6 is 11.6 Å². The van der Waals surface area contributed by atoms with Crippen molar-refractivity contribution in [2.45, 2.75) is 12.8 Å². The second kappa shape index (κ2) is 8.24. The first-order valence-corrected chi connectivity index (χ1v) is 10.7. The summed E-state index contributed by atoms with van der Waals surface area (Å²) in [5.74, 6) is -0.432. The van der Waals surface area contributed by atoms with Crippen molar-refractivity contribution in [3.05, 3.63) is 63.4 Å². The summed E-state index contributed by atoms with van der Waals surface area (Å²) in [6, 6.07) is 8.05. The Morgan fingerprint density at radius 1 is 1.24 bits per heavy atom. The minimum Gasteiger partial charge on any atom is -0.382 e. The Labute approximate surface area is 197 Å². The van der Waals surface area contributed by atoms with Crippen LogP contribution in [0.4, 0.5) is 27.9 Å². The zero-order chi connectivity index (χ0) is 24.0. The highest BCUT2D eigenvalue weighted by Gasteiger charge is 2.31. The number of halogens is 2. The van der Waals surface area contributed by atoms with E-state index in [0.29, 0.717) is 12.1 Å². The van der Waals surface area contributed by atoms with Crippen molar-refractivity contribution in [1.82, 2.24) is 24.5 Å². The molecule has 1 saturated carbocycles. The van der Waals surface area contributed by atoms with Crippen LogP contribution in [0.15, 0.2) is 41.5 Å². The quantitative estimate of drug-likeness (QED) is 0.441. The smallest absolute Gasteiger partial charge is 0.268 e. The monoisotopic (exact) mass is 477 g/mol. The van der Waals surface area contributed by atoms with Crippen LogP contribution < -0.4 is 21.9 Å².